The Morgan fingerprint density at radius 3 is 2.54 bits per heavy atom. The van der Waals surface area contributed by atoms with E-state index in [0.717, 1.165) is 26.1 Å². The van der Waals surface area contributed by atoms with Crippen molar-refractivity contribution in [2.75, 3.05) is 19.6 Å². The molecular weight excluding hydrogens is 292 g/mol. The molecule has 4 rings (SSSR count). The number of hydrogen-bond donors (Lipinski definition) is 0. The van der Waals surface area contributed by atoms with Gasteiger partial charge in [0, 0.05) is 18.5 Å². The van der Waals surface area contributed by atoms with Crippen LogP contribution in [0.15, 0.2) is 83.9 Å². The van der Waals surface area contributed by atoms with Crippen molar-refractivity contribution in [1.82, 2.24) is 4.90 Å². The summed E-state index contributed by atoms with van der Waals surface area (Å²) in [4.78, 5) is 6.75. The summed E-state index contributed by atoms with van der Waals surface area (Å²) in [5, 5.41) is 0. The first kappa shape index (κ1) is 14.9. The summed E-state index contributed by atoms with van der Waals surface area (Å²) in [6.07, 6.45) is 12.0. The quantitative estimate of drug-likeness (QED) is 0.814. The number of aliphatic imine (C=N–C) groups is 1. The highest BCUT2D eigenvalue weighted by Crippen LogP contribution is 2.39. The molecule has 2 heteroatoms. The minimum absolute atomic E-state index is 0.00244. The Hall–Kier alpha value is -2.61. The lowest BCUT2D eigenvalue weighted by molar-refractivity contribution is 0.363. The van der Waals surface area contributed by atoms with Gasteiger partial charge in [0.15, 0.2) is 0 Å². The highest BCUT2D eigenvalue weighted by Gasteiger charge is 2.33. The topological polar surface area (TPSA) is 15.6 Å². The lowest BCUT2D eigenvalue weighted by Gasteiger charge is -2.37. The van der Waals surface area contributed by atoms with Crippen molar-refractivity contribution >= 4 is 6.34 Å². The summed E-state index contributed by atoms with van der Waals surface area (Å²) in [5.74, 6) is 0. The van der Waals surface area contributed by atoms with Crippen molar-refractivity contribution in [1.29, 1.82) is 0 Å². The molecule has 0 radical (unpaired) electrons. The molecule has 120 valence electrons. The maximum atomic E-state index is 4.39. The second-order valence-electron chi connectivity index (χ2n) is 6.55. The number of benzene rings is 2. The van der Waals surface area contributed by atoms with Crippen LogP contribution < -0.4 is 0 Å². The van der Waals surface area contributed by atoms with Crippen LogP contribution in [0.2, 0.25) is 0 Å². The largest absolute Gasteiger partial charge is 0.360 e. The fourth-order valence-corrected chi connectivity index (χ4v) is 3.75. The average molecular weight is 314 g/mol. The second-order valence-corrected chi connectivity index (χ2v) is 6.55. The number of nitrogens with zero attached hydrogens (tertiary/aromatic N) is 2. The molecule has 24 heavy (non-hydrogen) atoms. The number of rotatable bonds is 4. The lowest BCUT2D eigenvalue weighted by Crippen LogP contribution is -2.39. The summed E-state index contributed by atoms with van der Waals surface area (Å²) < 4.78 is 0. The van der Waals surface area contributed by atoms with Crippen molar-refractivity contribution in [3.63, 3.8) is 0 Å². The molecule has 0 bridgehead atoms. The van der Waals surface area contributed by atoms with Gasteiger partial charge in [-0.05, 0) is 23.1 Å². The standard InChI is InChI=1S/C22H22N2/c1-3-9-19(10-4-1)20-11-5-6-12-21(20)22(13-7-2-8-14-22)17-24-16-15-23-18-24/h1-13,18H,14-17H2. The van der Waals surface area contributed by atoms with Crippen molar-refractivity contribution in [2.45, 2.75) is 11.8 Å². The van der Waals surface area contributed by atoms with Crippen LogP contribution in [0.1, 0.15) is 12.0 Å². The van der Waals surface area contributed by atoms with E-state index >= 15 is 0 Å². The zero-order valence-corrected chi connectivity index (χ0v) is 13.8. The monoisotopic (exact) mass is 314 g/mol. The van der Waals surface area contributed by atoms with Crippen LogP contribution in [-0.4, -0.2) is 30.9 Å². The van der Waals surface area contributed by atoms with E-state index in [1.165, 1.54) is 16.7 Å². The summed E-state index contributed by atoms with van der Waals surface area (Å²) in [6.45, 7) is 2.91. The van der Waals surface area contributed by atoms with Gasteiger partial charge < -0.3 is 4.90 Å². The molecule has 1 heterocycles. The predicted molar refractivity (Wildman–Crippen MR) is 101 cm³/mol. The Kier molecular flexibility index (Phi) is 4.04. The van der Waals surface area contributed by atoms with Gasteiger partial charge in [-0.3, -0.25) is 4.99 Å². The molecule has 2 aromatic carbocycles. The Bertz CT molecular complexity index is 789. The molecule has 0 saturated heterocycles. The summed E-state index contributed by atoms with van der Waals surface area (Å²) in [7, 11) is 0. The SMILES string of the molecule is C1=CCC(CN2C=NCC2)(c2ccccc2-c2ccccc2)C=C1. The van der Waals surface area contributed by atoms with Crippen LogP contribution in [0.5, 0.6) is 0 Å². The number of hydrogen-bond acceptors (Lipinski definition) is 2. The third-order valence-corrected chi connectivity index (χ3v) is 4.94. The van der Waals surface area contributed by atoms with Gasteiger partial charge >= 0.3 is 0 Å². The fourth-order valence-electron chi connectivity index (χ4n) is 3.75. The molecule has 0 N–H and O–H groups in total. The van der Waals surface area contributed by atoms with E-state index in [1.807, 2.05) is 6.34 Å². The minimum Gasteiger partial charge on any atom is -0.360 e. The van der Waals surface area contributed by atoms with Crippen LogP contribution in [0.4, 0.5) is 0 Å². The molecule has 1 atom stereocenters. The lowest BCUT2D eigenvalue weighted by atomic mass is 9.72. The molecular formula is C22H22N2. The molecule has 0 aromatic heterocycles. The van der Waals surface area contributed by atoms with Gasteiger partial charge in [0.05, 0.1) is 12.9 Å². The molecule has 1 aliphatic heterocycles. The Morgan fingerprint density at radius 1 is 0.958 bits per heavy atom. The Morgan fingerprint density at radius 2 is 1.79 bits per heavy atom. The first-order valence-electron chi connectivity index (χ1n) is 8.61. The predicted octanol–water partition coefficient (Wildman–Crippen LogP) is 4.45. The van der Waals surface area contributed by atoms with E-state index in [0.29, 0.717) is 0 Å². The van der Waals surface area contributed by atoms with Gasteiger partial charge in [0.1, 0.15) is 0 Å². The molecule has 0 spiro atoms. The molecule has 0 amide bonds. The van der Waals surface area contributed by atoms with Crippen LogP contribution in [-0.2, 0) is 5.41 Å². The fraction of sp³-hybridized carbons (Fsp3) is 0.227. The number of allylic oxidation sites excluding steroid dienone is 3. The zero-order valence-electron chi connectivity index (χ0n) is 13.8. The minimum atomic E-state index is -0.00244. The second kappa shape index (κ2) is 6.48. The highest BCUT2D eigenvalue weighted by molar-refractivity contribution is 5.70. The smallest absolute Gasteiger partial charge is 0.0851 e. The van der Waals surface area contributed by atoms with E-state index in [1.54, 1.807) is 0 Å². The van der Waals surface area contributed by atoms with E-state index < -0.39 is 0 Å². The summed E-state index contributed by atoms with van der Waals surface area (Å²) >= 11 is 0. The Labute approximate surface area is 143 Å². The molecule has 1 aliphatic carbocycles. The maximum absolute atomic E-state index is 4.39. The molecule has 2 aromatic rings. The molecule has 1 unspecified atom stereocenters. The van der Waals surface area contributed by atoms with Crippen LogP contribution in [0.25, 0.3) is 11.1 Å². The van der Waals surface area contributed by atoms with Crippen LogP contribution in [0, 0.1) is 0 Å². The van der Waals surface area contributed by atoms with Crippen molar-refractivity contribution in [3.05, 3.63) is 84.5 Å². The zero-order chi connectivity index (χ0) is 16.2. The van der Waals surface area contributed by atoms with Crippen LogP contribution >= 0.6 is 0 Å². The van der Waals surface area contributed by atoms with Gasteiger partial charge in [-0.1, -0.05) is 78.9 Å². The van der Waals surface area contributed by atoms with E-state index in [2.05, 4.69) is 88.8 Å². The Balaban J connectivity index is 1.80. The molecule has 0 saturated carbocycles. The molecule has 2 nitrogen and oxygen atoms in total. The van der Waals surface area contributed by atoms with E-state index in [-0.39, 0.29) is 5.41 Å². The van der Waals surface area contributed by atoms with Gasteiger partial charge in [-0.2, -0.15) is 0 Å². The van der Waals surface area contributed by atoms with Gasteiger partial charge in [-0.15, -0.1) is 0 Å². The average Bonchev–Trinajstić information content (AvgIpc) is 3.16. The van der Waals surface area contributed by atoms with Crippen LogP contribution in [0.3, 0.4) is 0 Å². The normalized spacial score (nSPS) is 22.2. The third-order valence-electron chi connectivity index (χ3n) is 4.94. The molecule has 0 fully saturated rings. The van der Waals surface area contributed by atoms with Crippen molar-refractivity contribution in [2.24, 2.45) is 4.99 Å². The first-order chi connectivity index (χ1) is 11.9. The first-order valence-corrected chi connectivity index (χ1v) is 8.61. The van der Waals surface area contributed by atoms with Crippen molar-refractivity contribution in [3.8, 4) is 11.1 Å². The van der Waals surface area contributed by atoms with E-state index in [4.69, 9.17) is 0 Å². The summed E-state index contributed by atoms with van der Waals surface area (Å²) in [6, 6.07) is 19.5. The van der Waals surface area contributed by atoms with Crippen molar-refractivity contribution < 1.29 is 0 Å². The third kappa shape index (κ3) is 2.80. The summed E-state index contributed by atoms with van der Waals surface area (Å²) in [5.41, 5.74) is 4.01. The highest BCUT2D eigenvalue weighted by atomic mass is 15.2. The maximum Gasteiger partial charge on any atom is 0.0851 e. The van der Waals surface area contributed by atoms with Gasteiger partial charge in [0.25, 0.3) is 0 Å². The molecule has 2 aliphatic rings. The van der Waals surface area contributed by atoms with Gasteiger partial charge in [0.2, 0.25) is 0 Å². The van der Waals surface area contributed by atoms with E-state index in [9.17, 15) is 0 Å². The van der Waals surface area contributed by atoms with Gasteiger partial charge in [-0.25, -0.2) is 0 Å².